The molecule has 0 aliphatic heterocycles. The largest absolute Gasteiger partial charge is 0.457 e. The first-order chi connectivity index (χ1) is 14.3. The van der Waals surface area contributed by atoms with Crippen molar-refractivity contribution in [2.24, 2.45) is 17.4 Å². The van der Waals surface area contributed by atoms with Crippen molar-refractivity contribution in [3.63, 3.8) is 0 Å². The van der Waals surface area contributed by atoms with Crippen molar-refractivity contribution in [2.45, 2.75) is 26.7 Å². The lowest BCUT2D eigenvalue weighted by atomic mass is 10.0. The fraction of sp³-hybridized carbons (Fsp3) is 0.217. The van der Waals surface area contributed by atoms with Crippen LogP contribution in [-0.2, 0) is 11.2 Å². The lowest BCUT2D eigenvalue weighted by molar-refractivity contribution is -0.121. The Morgan fingerprint density at radius 3 is 2.13 bits per heavy atom. The molecule has 0 bridgehead atoms. The van der Waals surface area contributed by atoms with Crippen LogP contribution in [0.5, 0.6) is 11.5 Å². The molecule has 3 rings (SSSR count). The van der Waals surface area contributed by atoms with E-state index in [1.807, 2.05) is 55.5 Å². The van der Waals surface area contributed by atoms with E-state index in [0.717, 1.165) is 16.9 Å². The predicted octanol–water partition coefficient (Wildman–Crippen LogP) is 3.40. The molecule has 7 heteroatoms. The fourth-order valence-corrected chi connectivity index (χ4v) is 2.80. The van der Waals surface area contributed by atoms with Crippen molar-refractivity contribution < 1.29 is 14.3 Å². The Hall–Kier alpha value is -3.74. The van der Waals surface area contributed by atoms with Gasteiger partial charge in [-0.05, 0) is 62.2 Å². The average molecular weight is 404 g/mol. The van der Waals surface area contributed by atoms with Crippen molar-refractivity contribution in [2.75, 3.05) is 0 Å². The Labute approximate surface area is 175 Å². The second-order valence-electron chi connectivity index (χ2n) is 7.21. The minimum absolute atomic E-state index is 0.127. The number of hydrogen-bond donors (Lipinski definition) is 2. The van der Waals surface area contributed by atoms with Gasteiger partial charge in [0.25, 0.3) is 5.91 Å². The Morgan fingerprint density at radius 1 is 0.967 bits per heavy atom. The molecule has 0 aliphatic carbocycles. The molecule has 0 unspecified atom stereocenters. The number of ether oxygens (including phenoxy) is 1. The van der Waals surface area contributed by atoms with E-state index in [9.17, 15) is 9.59 Å². The Morgan fingerprint density at radius 2 is 1.57 bits per heavy atom. The zero-order valence-electron chi connectivity index (χ0n) is 17.0. The minimum Gasteiger partial charge on any atom is -0.457 e. The van der Waals surface area contributed by atoms with Crippen LogP contribution < -0.4 is 16.2 Å². The molecule has 4 N–H and O–H groups in total. The van der Waals surface area contributed by atoms with E-state index >= 15 is 0 Å². The number of hydrogen-bond acceptors (Lipinski definition) is 5. The summed E-state index contributed by atoms with van der Waals surface area (Å²) in [6, 6.07) is 16.6. The molecule has 0 aliphatic rings. The van der Waals surface area contributed by atoms with Crippen molar-refractivity contribution in [1.29, 1.82) is 0 Å². The third-order valence-electron chi connectivity index (χ3n) is 4.72. The van der Waals surface area contributed by atoms with Gasteiger partial charge in [0.15, 0.2) is 5.82 Å². The molecule has 0 saturated carbocycles. The first-order valence-electron chi connectivity index (χ1n) is 9.64. The van der Waals surface area contributed by atoms with Gasteiger partial charge in [0.1, 0.15) is 17.2 Å². The molecule has 7 nitrogen and oxygen atoms in total. The average Bonchev–Trinajstić information content (AvgIpc) is 2.74. The molecule has 1 atom stereocenters. The summed E-state index contributed by atoms with van der Waals surface area (Å²) < 4.78 is 5.84. The molecule has 3 aromatic rings. The maximum Gasteiger partial charge on any atom is 0.267 e. The molecule has 0 radical (unpaired) electrons. The van der Waals surface area contributed by atoms with E-state index in [1.54, 1.807) is 13.0 Å². The SMILES string of the molecule is Cc1ccc(Oc2ccc(-c3nc(CC[C@@H](C)C(N)=O)cc(C(N)=O)n3)cc2)cc1. The normalized spacial score (nSPS) is 11.7. The summed E-state index contributed by atoms with van der Waals surface area (Å²) in [5.41, 5.74) is 13.4. The predicted molar refractivity (Wildman–Crippen MR) is 114 cm³/mol. The quantitative estimate of drug-likeness (QED) is 0.596. The Bertz CT molecular complexity index is 1050. The van der Waals surface area contributed by atoms with Crippen molar-refractivity contribution in [3.05, 3.63) is 71.5 Å². The second-order valence-corrected chi connectivity index (χ2v) is 7.21. The number of rotatable bonds is 8. The van der Waals surface area contributed by atoms with Crippen LogP contribution in [0.3, 0.4) is 0 Å². The Balaban J connectivity index is 1.81. The van der Waals surface area contributed by atoms with Gasteiger partial charge in [-0.3, -0.25) is 9.59 Å². The van der Waals surface area contributed by atoms with Crippen LogP contribution in [0, 0.1) is 12.8 Å². The highest BCUT2D eigenvalue weighted by molar-refractivity contribution is 5.91. The van der Waals surface area contributed by atoms with Gasteiger partial charge in [0, 0.05) is 17.2 Å². The smallest absolute Gasteiger partial charge is 0.267 e. The number of aryl methyl sites for hydroxylation is 2. The second kappa shape index (κ2) is 9.17. The lowest BCUT2D eigenvalue weighted by Crippen LogP contribution is -2.21. The highest BCUT2D eigenvalue weighted by atomic mass is 16.5. The summed E-state index contributed by atoms with van der Waals surface area (Å²) in [5, 5.41) is 0. The number of nitrogens with two attached hydrogens (primary N) is 2. The summed E-state index contributed by atoms with van der Waals surface area (Å²) in [4.78, 5) is 31.8. The summed E-state index contributed by atoms with van der Waals surface area (Å²) >= 11 is 0. The summed E-state index contributed by atoms with van der Waals surface area (Å²) in [6.45, 7) is 3.77. The third-order valence-corrected chi connectivity index (χ3v) is 4.72. The van der Waals surface area contributed by atoms with Crippen LogP contribution in [0.25, 0.3) is 11.4 Å². The molecule has 1 aromatic heterocycles. The molecule has 154 valence electrons. The standard InChI is InChI=1S/C23H24N4O3/c1-14-3-9-18(10-4-14)30-19-11-6-16(7-12-19)23-26-17(8-5-15(2)21(24)28)13-20(27-23)22(25)29/h3-4,6-7,9-13,15H,5,8H2,1-2H3,(H2,24,28)(H2,25,29)/t15-/m1/s1. The first kappa shape index (κ1) is 21.0. The van der Waals surface area contributed by atoms with E-state index < -0.39 is 5.91 Å². The number of aromatic nitrogens is 2. The highest BCUT2D eigenvalue weighted by Crippen LogP contribution is 2.25. The maximum atomic E-state index is 11.7. The molecule has 0 saturated heterocycles. The maximum absolute atomic E-state index is 11.7. The van der Waals surface area contributed by atoms with Crippen LogP contribution in [0.1, 0.15) is 35.1 Å². The minimum atomic E-state index is -0.637. The molecular weight excluding hydrogens is 380 g/mol. The van der Waals surface area contributed by atoms with Gasteiger partial charge in [-0.15, -0.1) is 0 Å². The van der Waals surface area contributed by atoms with E-state index in [1.165, 1.54) is 0 Å². The van der Waals surface area contributed by atoms with Gasteiger partial charge in [-0.1, -0.05) is 24.6 Å². The van der Waals surface area contributed by atoms with Crippen LogP contribution in [0.15, 0.2) is 54.6 Å². The van der Waals surface area contributed by atoms with Crippen molar-refractivity contribution >= 4 is 11.8 Å². The van der Waals surface area contributed by atoms with E-state index in [2.05, 4.69) is 9.97 Å². The van der Waals surface area contributed by atoms with Gasteiger partial charge in [-0.25, -0.2) is 9.97 Å². The van der Waals surface area contributed by atoms with E-state index in [0.29, 0.717) is 30.1 Å². The van der Waals surface area contributed by atoms with Gasteiger partial charge in [0.05, 0.1) is 0 Å². The van der Waals surface area contributed by atoms with Crippen LogP contribution in [0.2, 0.25) is 0 Å². The molecule has 0 fully saturated rings. The molecule has 1 heterocycles. The fourth-order valence-electron chi connectivity index (χ4n) is 2.80. The number of primary amides is 2. The number of amides is 2. The van der Waals surface area contributed by atoms with Crippen LogP contribution in [-0.4, -0.2) is 21.8 Å². The van der Waals surface area contributed by atoms with Gasteiger partial charge >= 0.3 is 0 Å². The third kappa shape index (κ3) is 5.41. The zero-order chi connectivity index (χ0) is 21.7. The molecule has 2 aromatic carbocycles. The van der Waals surface area contributed by atoms with Crippen molar-refractivity contribution in [1.82, 2.24) is 9.97 Å². The topological polar surface area (TPSA) is 121 Å². The summed E-state index contributed by atoms with van der Waals surface area (Å²) in [5.74, 6) is 0.495. The number of benzene rings is 2. The Kier molecular flexibility index (Phi) is 6.41. The summed E-state index contributed by atoms with van der Waals surface area (Å²) in [6.07, 6.45) is 1.00. The zero-order valence-corrected chi connectivity index (χ0v) is 17.0. The molecule has 0 spiro atoms. The van der Waals surface area contributed by atoms with Gasteiger partial charge < -0.3 is 16.2 Å². The number of carbonyl (C=O) groups is 2. The van der Waals surface area contributed by atoms with Crippen molar-refractivity contribution in [3.8, 4) is 22.9 Å². The molecular formula is C23H24N4O3. The monoisotopic (exact) mass is 404 g/mol. The number of carbonyl (C=O) groups excluding carboxylic acids is 2. The van der Waals surface area contributed by atoms with Crippen LogP contribution >= 0.6 is 0 Å². The van der Waals surface area contributed by atoms with Gasteiger partial charge in [-0.2, -0.15) is 0 Å². The lowest BCUT2D eigenvalue weighted by Gasteiger charge is -2.10. The first-order valence-corrected chi connectivity index (χ1v) is 9.64. The summed E-state index contributed by atoms with van der Waals surface area (Å²) in [7, 11) is 0. The van der Waals surface area contributed by atoms with E-state index in [4.69, 9.17) is 16.2 Å². The highest BCUT2D eigenvalue weighted by Gasteiger charge is 2.14. The molecule has 2 amide bonds. The van der Waals surface area contributed by atoms with Gasteiger partial charge in [0.2, 0.25) is 5.91 Å². The number of nitrogens with zero attached hydrogens (tertiary/aromatic N) is 2. The molecule has 30 heavy (non-hydrogen) atoms. The van der Waals surface area contributed by atoms with E-state index in [-0.39, 0.29) is 17.5 Å². The van der Waals surface area contributed by atoms with Crippen LogP contribution in [0.4, 0.5) is 0 Å².